The predicted molar refractivity (Wildman–Crippen MR) is 84.2 cm³/mol. The Labute approximate surface area is 118 Å². The summed E-state index contributed by atoms with van der Waals surface area (Å²) < 4.78 is 0. The van der Waals surface area contributed by atoms with Gasteiger partial charge in [0.15, 0.2) is 0 Å². The van der Waals surface area contributed by atoms with Crippen molar-refractivity contribution in [3.8, 4) is 5.75 Å². The van der Waals surface area contributed by atoms with E-state index in [0.717, 1.165) is 0 Å². The zero-order valence-corrected chi connectivity index (χ0v) is 13.3. The van der Waals surface area contributed by atoms with Gasteiger partial charge >= 0.3 is 0 Å². The molecule has 0 spiro atoms. The monoisotopic (exact) mass is 267 g/mol. The molecule has 1 rings (SSSR count). The first-order chi connectivity index (χ1) is 8.91. The number of benzene rings is 1. The summed E-state index contributed by atoms with van der Waals surface area (Å²) in [5, 5.41) is 19.1. The molecule has 2 N–H and O–H groups in total. The van der Waals surface area contributed by atoms with Crippen LogP contribution >= 0.6 is 0 Å². The molecule has 3 heteroatoms. The highest BCUT2D eigenvalue weighted by molar-refractivity contribution is 5.83. The molecule has 3 nitrogen and oxygen atoms in total. The molecule has 0 heterocycles. The summed E-state index contributed by atoms with van der Waals surface area (Å²) in [5.74, 6) is 0.198. The van der Waals surface area contributed by atoms with Crippen molar-refractivity contribution < 1.29 is 10.2 Å². The van der Waals surface area contributed by atoms with E-state index in [0.29, 0.717) is 5.56 Å². The molecule has 1 unspecified atom stereocenters. The van der Waals surface area contributed by atoms with Crippen molar-refractivity contribution in [2.75, 3.05) is 0 Å². The lowest BCUT2D eigenvalue weighted by atomic mass is 10.0. The normalized spacial score (nSPS) is 12.0. The Morgan fingerprint density at radius 2 is 1.58 bits per heavy atom. The lowest BCUT2D eigenvalue weighted by Gasteiger charge is -2.21. The lowest BCUT2D eigenvalue weighted by molar-refractivity contribution is 0.0592. The average Bonchev–Trinajstić information content (AvgIpc) is 2.41. The number of para-hydroxylation sites is 1. The van der Waals surface area contributed by atoms with Gasteiger partial charge in [0.1, 0.15) is 5.75 Å². The SMILES string of the molecule is CC.CC.CC(N=Cc1ccccc1O)C(C)(C)O. The average molecular weight is 267 g/mol. The zero-order chi connectivity index (χ0) is 15.5. The third kappa shape index (κ3) is 8.38. The molecule has 0 radical (unpaired) electrons. The van der Waals surface area contributed by atoms with Crippen LogP contribution in [0.4, 0.5) is 0 Å². The van der Waals surface area contributed by atoms with Gasteiger partial charge in [-0.05, 0) is 32.9 Å². The summed E-state index contributed by atoms with van der Waals surface area (Å²) in [6, 6.07) is 6.76. The smallest absolute Gasteiger partial charge is 0.124 e. The van der Waals surface area contributed by atoms with Crippen molar-refractivity contribution in [2.45, 2.75) is 60.1 Å². The van der Waals surface area contributed by atoms with Crippen LogP contribution in [0, 0.1) is 0 Å². The minimum absolute atomic E-state index is 0.198. The van der Waals surface area contributed by atoms with Crippen LogP contribution in [-0.2, 0) is 0 Å². The zero-order valence-electron chi connectivity index (χ0n) is 13.3. The van der Waals surface area contributed by atoms with Crippen molar-refractivity contribution in [1.29, 1.82) is 0 Å². The fourth-order valence-electron chi connectivity index (χ4n) is 0.971. The van der Waals surface area contributed by atoms with E-state index in [-0.39, 0.29) is 11.8 Å². The minimum Gasteiger partial charge on any atom is -0.507 e. The van der Waals surface area contributed by atoms with Gasteiger partial charge in [-0.1, -0.05) is 39.8 Å². The van der Waals surface area contributed by atoms with Crippen LogP contribution in [0.25, 0.3) is 0 Å². The maximum absolute atomic E-state index is 9.66. The number of hydrogen-bond acceptors (Lipinski definition) is 3. The lowest BCUT2D eigenvalue weighted by Crippen LogP contribution is -2.31. The molecule has 0 bridgehead atoms. The summed E-state index contributed by atoms with van der Waals surface area (Å²) in [4.78, 5) is 4.19. The van der Waals surface area contributed by atoms with Gasteiger partial charge in [-0.2, -0.15) is 0 Å². The molecule has 1 aromatic carbocycles. The number of nitrogens with zero attached hydrogens (tertiary/aromatic N) is 1. The van der Waals surface area contributed by atoms with Crippen molar-refractivity contribution >= 4 is 6.21 Å². The van der Waals surface area contributed by atoms with Crippen LogP contribution < -0.4 is 0 Å². The number of aliphatic imine (C=N–C) groups is 1. The summed E-state index contributed by atoms with van der Waals surface area (Å²) in [7, 11) is 0. The number of hydrogen-bond donors (Lipinski definition) is 2. The second-order valence-corrected chi connectivity index (χ2v) is 4.17. The van der Waals surface area contributed by atoms with Crippen LogP contribution in [0.15, 0.2) is 29.3 Å². The maximum Gasteiger partial charge on any atom is 0.124 e. The fraction of sp³-hybridized carbons (Fsp3) is 0.562. The molecular formula is C16H29NO2. The van der Waals surface area contributed by atoms with E-state index in [9.17, 15) is 10.2 Å². The molecule has 19 heavy (non-hydrogen) atoms. The van der Waals surface area contributed by atoms with E-state index >= 15 is 0 Å². The first kappa shape index (κ1) is 20.0. The number of aliphatic hydroxyl groups is 1. The van der Waals surface area contributed by atoms with Crippen LogP contribution in [0.1, 0.15) is 54.0 Å². The molecule has 0 fully saturated rings. The van der Waals surface area contributed by atoms with Gasteiger partial charge in [-0.15, -0.1) is 0 Å². The van der Waals surface area contributed by atoms with Crippen LogP contribution in [-0.4, -0.2) is 28.1 Å². The molecule has 0 saturated heterocycles. The summed E-state index contributed by atoms with van der Waals surface area (Å²) in [5.41, 5.74) is -0.186. The summed E-state index contributed by atoms with van der Waals surface area (Å²) >= 11 is 0. The Bertz CT molecular complexity index is 354. The van der Waals surface area contributed by atoms with Crippen molar-refractivity contribution in [2.24, 2.45) is 4.99 Å². The van der Waals surface area contributed by atoms with E-state index in [1.54, 1.807) is 38.3 Å². The van der Waals surface area contributed by atoms with Crippen LogP contribution in [0.2, 0.25) is 0 Å². The van der Waals surface area contributed by atoms with Gasteiger partial charge in [0.2, 0.25) is 0 Å². The van der Waals surface area contributed by atoms with Crippen molar-refractivity contribution in [3.05, 3.63) is 29.8 Å². The highest BCUT2D eigenvalue weighted by Gasteiger charge is 2.20. The molecule has 0 saturated carbocycles. The molecule has 0 aliphatic heterocycles. The number of phenolic OH excluding ortho intramolecular Hbond substituents is 1. The number of phenols is 1. The highest BCUT2D eigenvalue weighted by atomic mass is 16.3. The number of aromatic hydroxyl groups is 1. The maximum atomic E-state index is 9.66. The summed E-state index contributed by atoms with van der Waals surface area (Å²) in [6.45, 7) is 13.2. The Hall–Kier alpha value is -1.35. The predicted octanol–water partition coefficient (Wildman–Crippen LogP) is 4.02. The van der Waals surface area contributed by atoms with Gasteiger partial charge in [-0.3, -0.25) is 4.99 Å². The van der Waals surface area contributed by atoms with Crippen LogP contribution in [0.3, 0.4) is 0 Å². The molecule has 0 aliphatic carbocycles. The quantitative estimate of drug-likeness (QED) is 0.813. The van der Waals surface area contributed by atoms with Crippen LogP contribution in [0.5, 0.6) is 5.75 Å². The largest absolute Gasteiger partial charge is 0.507 e. The first-order valence-corrected chi connectivity index (χ1v) is 6.95. The molecule has 110 valence electrons. The van der Waals surface area contributed by atoms with E-state index in [1.807, 2.05) is 40.7 Å². The first-order valence-electron chi connectivity index (χ1n) is 6.95. The topological polar surface area (TPSA) is 52.8 Å². The van der Waals surface area contributed by atoms with E-state index < -0.39 is 5.60 Å². The minimum atomic E-state index is -0.846. The van der Waals surface area contributed by atoms with E-state index in [4.69, 9.17) is 0 Å². The Balaban J connectivity index is 0. The Kier molecular flexibility index (Phi) is 11.1. The molecule has 0 amide bonds. The molecule has 1 aromatic rings. The molecule has 1 atom stereocenters. The Morgan fingerprint density at radius 1 is 1.11 bits per heavy atom. The highest BCUT2D eigenvalue weighted by Crippen LogP contribution is 2.15. The summed E-state index contributed by atoms with van der Waals surface area (Å²) in [6.07, 6.45) is 1.58. The third-order valence-corrected chi connectivity index (χ3v) is 2.40. The van der Waals surface area contributed by atoms with Gasteiger partial charge in [0.05, 0.1) is 11.6 Å². The van der Waals surface area contributed by atoms with Gasteiger partial charge in [-0.25, -0.2) is 0 Å². The number of rotatable bonds is 3. The van der Waals surface area contributed by atoms with Gasteiger partial charge in [0, 0.05) is 11.8 Å². The standard InChI is InChI=1S/C12H17NO2.2C2H6/c1-9(12(2,3)15)13-8-10-6-4-5-7-11(10)14;2*1-2/h4-9,14-15H,1-3H3;2*1-2H3. The second-order valence-electron chi connectivity index (χ2n) is 4.17. The van der Waals surface area contributed by atoms with Gasteiger partial charge < -0.3 is 10.2 Å². The molecule has 0 aliphatic rings. The van der Waals surface area contributed by atoms with Gasteiger partial charge in [0.25, 0.3) is 0 Å². The third-order valence-electron chi connectivity index (χ3n) is 2.40. The van der Waals surface area contributed by atoms with Crippen molar-refractivity contribution in [1.82, 2.24) is 0 Å². The fourth-order valence-corrected chi connectivity index (χ4v) is 0.971. The Morgan fingerprint density at radius 3 is 2.00 bits per heavy atom. The molecular weight excluding hydrogens is 238 g/mol. The van der Waals surface area contributed by atoms with Crippen molar-refractivity contribution in [3.63, 3.8) is 0 Å². The van der Waals surface area contributed by atoms with E-state index in [1.165, 1.54) is 0 Å². The van der Waals surface area contributed by atoms with E-state index in [2.05, 4.69) is 4.99 Å². The molecule has 0 aromatic heterocycles. The second kappa shape index (κ2) is 10.6.